The van der Waals surface area contributed by atoms with E-state index in [1.54, 1.807) is 0 Å². The summed E-state index contributed by atoms with van der Waals surface area (Å²) in [6, 6.07) is 0. The Bertz CT molecular complexity index is 802. The van der Waals surface area contributed by atoms with Crippen LogP contribution in [0, 0.1) is 0 Å². The summed E-state index contributed by atoms with van der Waals surface area (Å²) in [7, 11) is 0. The molecule has 0 spiro atoms. The number of rotatable bonds is 33. The highest BCUT2D eigenvalue weighted by Gasteiger charge is 2.47. The van der Waals surface area contributed by atoms with E-state index in [1.165, 1.54) is 109 Å². The predicted molar refractivity (Wildman–Crippen MR) is 197 cm³/mol. The van der Waals surface area contributed by atoms with Crippen LogP contribution < -0.4 is 0 Å². The molecule has 0 aromatic rings. The van der Waals surface area contributed by atoms with E-state index >= 15 is 0 Å². The molecule has 49 heavy (non-hydrogen) atoms. The highest BCUT2D eigenvalue weighted by molar-refractivity contribution is 5.71. The second-order valence-electron chi connectivity index (χ2n) is 14.4. The van der Waals surface area contributed by atoms with Crippen LogP contribution >= 0.6 is 0 Å². The molecule has 1 fully saturated rings. The first-order valence-electron chi connectivity index (χ1n) is 20.8. The van der Waals surface area contributed by atoms with Gasteiger partial charge in [0.25, 0.3) is 0 Å². The van der Waals surface area contributed by atoms with Gasteiger partial charge in [-0.05, 0) is 19.3 Å². The quantitative estimate of drug-likeness (QED) is 0.0410. The topological polar surface area (TPSA) is 108 Å². The number of hydrogen-bond acceptors (Lipinski definition) is 8. The molecule has 0 unspecified atom stereocenters. The van der Waals surface area contributed by atoms with Crippen molar-refractivity contribution in [1.29, 1.82) is 0 Å². The van der Waals surface area contributed by atoms with Crippen molar-refractivity contribution in [3.05, 3.63) is 0 Å². The third-order valence-electron chi connectivity index (χ3n) is 9.67. The summed E-state index contributed by atoms with van der Waals surface area (Å²) in [5.74, 6) is -1.31. The number of carbonyl (C=O) groups excluding carboxylic acids is 3. The van der Waals surface area contributed by atoms with Gasteiger partial charge >= 0.3 is 17.9 Å². The van der Waals surface area contributed by atoms with Crippen LogP contribution in [-0.2, 0) is 33.3 Å². The van der Waals surface area contributed by atoms with Crippen molar-refractivity contribution in [3.8, 4) is 0 Å². The van der Waals surface area contributed by atoms with Gasteiger partial charge in [0.2, 0.25) is 0 Å². The molecule has 0 bridgehead atoms. The Labute approximate surface area is 300 Å². The minimum absolute atomic E-state index is 0.132. The second kappa shape index (κ2) is 32.3. The average Bonchev–Trinajstić information content (AvgIpc) is 3.08. The van der Waals surface area contributed by atoms with Crippen LogP contribution in [0.15, 0.2) is 0 Å². The first-order chi connectivity index (χ1) is 23.9. The Kier molecular flexibility index (Phi) is 29.9. The smallest absolute Gasteiger partial charge is 0.306 e. The summed E-state index contributed by atoms with van der Waals surface area (Å²) >= 11 is 0. The lowest BCUT2D eigenvalue weighted by molar-refractivity contribution is -0.268. The largest absolute Gasteiger partial charge is 0.456 e. The lowest BCUT2D eigenvalue weighted by atomic mass is 10.0. The molecule has 8 nitrogen and oxygen atoms in total. The average molecular weight is 697 g/mol. The van der Waals surface area contributed by atoms with Crippen LogP contribution in [0.1, 0.15) is 213 Å². The van der Waals surface area contributed by atoms with Gasteiger partial charge in [0.15, 0.2) is 24.6 Å². The van der Waals surface area contributed by atoms with Gasteiger partial charge in [0.05, 0.1) is 6.61 Å². The van der Waals surface area contributed by atoms with Crippen LogP contribution in [-0.4, -0.2) is 54.2 Å². The Morgan fingerprint density at radius 3 is 1.08 bits per heavy atom. The highest BCUT2D eigenvalue weighted by Crippen LogP contribution is 2.25. The van der Waals surface area contributed by atoms with E-state index in [2.05, 4.69) is 20.8 Å². The zero-order chi connectivity index (χ0) is 35.8. The molecule has 1 aliphatic rings. The minimum Gasteiger partial charge on any atom is -0.456 e. The van der Waals surface area contributed by atoms with Gasteiger partial charge in [-0.2, -0.15) is 0 Å². The summed E-state index contributed by atoms with van der Waals surface area (Å²) in [4.78, 5) is 38.6. The summed E-state index contributed by atoms with van der Waals surface area (Å²) in [5, 5.41) is 10.7. The van der Waals surface area contributed by atoms with Gasteiger partial charge in [-0.15, -0.1) is 0 Å². The fraction of sp³-hybridized carbons (Fsp3) is 0.927. The number of unbranched alkanes of at least 4 members (excludes halogenated alkanes) is 24. The van der Waals surface area contributed by atoms with E-state index in [4.69, 9.17) is 18.9 Å². The molecule has 0 amide bonds. The van der Waals surface area contributed by atoms with Crippen molar-refractivity contribution in [2.24, 2.45) is 0 Å². The van der Waals surface area contributed by atoms with Gasteiger partial charge in [0, 0.05) is 19.3 Å². The van der Waals surface area contributed by atoms with E-state index in [1.807, 2.05) is 0 Å². The molecule has 0 aliphatic carbocycles. The molecule has 4 atom stereocenters. The first kappa shape index (κ1) is 45.4. The molecule has 0 radical (unpaired) electrons. The fourth-order valence-corrected chi connectivity index (χ4v) is 6.52. The molecule has 8 heteroatoms. The Hall–Kier alpha value is -1.67. The van der Waals surface area contributed by atoms with Crippen LogP contribution in [0.4, 0.5) is 0 Å². The molecule has 0 saturated carbocycles. The van der Waals surface area contributed by atoms with Crippen molar-refractivity contribution in [2.75, 3.05) is 6.61 Å². The Balaban J connectivity index is 2.61. The molecule has 1 aliphatic heterocycles. The minimum atomic E-state index is -1.47. The van der Waals surface area contributed by atoms with Gasteiger partial charge in [-0.3, -0.25) is 14.4 Å². The fourth-order valence-electron chi connectivity index (χ4n) is 6.52. The van der Waals surface area contributed by atoms with Gasteiger partial charge in [0.1, 0.15) is 0 Å². The first-order valence-corrected chi connectivity index (χ1v) is 20.8. The maximum absolute atomic E-state index is 13.0. The number of carbonyl (C=O) groups is 3. The maximum Gasteiger partial charge on any atom is 0.306 e. The normalized spacial score (nSPS) is 19.1. The molecular weight excluding hydrogens is 620 g/mol. The number of aliphatic hydroxyl groups excluding tert-OH is 1. The zero-order valence-electron chi connectivity index (χ0n) is 32.0. The van der Waals surface area contributed by atoms with E-state index in [-0.39, 0.29) is 25.9 Å². The number of hydrogen-bond donors (Lipinski definition) is 1. The van der Waals surface area contributed by atoms with E-state index in [9.17, 15) is 19.5 Å². The monoisotopic (exact) mass is 697 g/mol. The molecule has 0 aromatic heterocycles. The maximum atomic E-state index is 13.0. The molecule has 1 N–H and O–H groups in total. The van der Waals surface area contributed by atoms with E-state index in [0.717, 1.165) is 51.4 Å². The molecular formula is C41H76O8. The number of esters is 3. The van der Waals surface area contributed by atoms with Crippen LogP contribution in [0.5, 0.6) is 0 Å². The van der Waals surface area contributed by atoms with Gasteiger partial charge in [-0.1, -0.05) is 175 Å². The van der Waals surface area contributed by atoms with Gasteiger partial charge in [-0.25, -0.2) is 0 Å². The van der Waals surface area contributed by atoms with Crippen molar-refractivity contribution in [2.45, 2.75) is 238 Å². The molecule has 1 saturated heterocycles. The summed E-state index contributed by atoms with van der Waals surface area (Å²) < 4.78 is 22.7. The Morgan fingerprint density at radius 1 is 0.449 bits per heavy atom. The summed E-state index contributed by atoms with van der Waals surface area (Å²) in [6.45, 7) is 6.52. The van der Waals surface area contributed by atoms with E-state index in [0.29, 0.717) is 12.8 Å². The molecule has 288 valence electrons. The van der Waals surface area contributed by atoms with Crippen molar-refractivity contribution >= 4 is 17.9 Å². The summed E-state index contributed by atoms with van der Waals surface area (Å²) in [6.07, 6.45) is 26.6. The van der Waals surface area contributed by atoms with Crippen molar-refractivity contribution in [1.82, 2.24) is 0 Å². The van der Waals surface area contributed by atoms with Crippen molar-refractivity contribution in [3.63, 3.8) is 0 Å². The lowest BCUT2D eigenvalue weighted by Gasteiger charge is -2.38. The predicted octanol–water partition coefficient (Wildman–Crippen LogP) is 10.8. The standard InChI is InChI=1S/C41H76O8/c1-4-7-10-13-16-19-22-25-28-31-36(42)47-35-34-46-41(45)40(49-38(44)33-30-27-24-21-18-15-12-9-6-3)39(35)48-37(43)32-29-26-23-20-17-14-11-8-5-2/h35,39-41,45H,4-34H2,1-3H3/t35-,39-,40+,41-/m0/s1. The lowest BCUT2D eigenvalue weighted by Crippen LogP contribution is -2.57. The Morgan fingerprint density at radius 2 is 0.735 bits per heavy atom. The number of aliphatic hydroxyl groups is 1. The highest BCUT2D eigenvalue weighted by atomic mass is 16.7. The molecule has 1 rings (SSSR count). The zero-order valence-corrected chi connectivity index (χ0v) is 32.0. The summed E-state index contributed by atoms with van der Waals surface area (Å²) in [5.41, 5.74) is 0. The molecule has 1 heterocycles. The van der Waals surface area contributed by atoms with Crippen LogP contribution in [0.2, 0.25) is 0 Å². The third-order valence-corrected chi connectivity index (χ3v) is 9.67. The van der Waals surface area contributed by atoms with Crippen LogP contribution in [0.25, 0.3) is 0 Å². The molecule has 0 aromatic carbocycles. The second-order valence-corrected chi connectivity index (χ2v) is 14.4. The third kappa shape index (κ3) is 25.0. The van der Waals surface area contributed by atoms with E-state index < -0.39 is 42.5 Å². The van der Waals surface area contributed by atoms with Gasteiger partial charge < -0.3 is 24.1 Å². The SMILES string of the molecule is CCCCCCCCCCCC(=O)O[C@@H]1[C@@H](OC(=O)CCCCCCCCCCC)[C@@H](O)OC[C@@H]1OC(=O)CCCCCCCCCCC. The van der Waals surface area contributed by atoms with Crippen molar-refractivity contribution < 1.29 is 38.4 Å². The van der Waals surface area contributed by atoms with Crippen LogP contribution in [0.3, 0.4) is 0 Å². The number of ether oxygens (including phenoxy) is 4.